The molecule has 18 heavy (non-hydrogen) atoms. The minimum absolute atomic E-state index is 0.411. The van der Waals surface area contributed by atoms with Crippen molar-refractivity contribution in [2.45, 2.75) is 32.0 Å². The molecule has 2 aliphatic heterocycles. The number of hydrogen-bond acceptors (Lipinski definition) is 3. The van der Waals surface area contributed by atoms with Gasteiger partial charge in [0, 0.05) is 38.1 Å². The van der Waals surface area contributed by atoms with Crippen LogP contribution < -0.4 is 0 Å². The molecule has 0 aliphatic carbocycles. The summed E-state index contributed by atoms with van der Waals surface area (Å²) in [4.78, 5) is 16.4. The van der Waals surface area contributed by atoms with Crippen molar-refractivity contribution < 1.29 is 4.79 Å². The van der Waals surface area contributed by atoms with Gasteiger partial charge >= 0.3 is 0 Å². The van der Waals surface area contributed by atoms with E-state index in [1.54, 1.807) is 0 Å². The summed E-state index contributed by atoms with van der Waals surface area (Å²) < 4.78 is 0. The third-order valence-electron chi connectivity index (χ3n) is 4.10. The van der Waals surface area contributed by atoms with Crippen molar-refractivity contribution in [3.05, 3.63) is 35.9 Å². The molecule has 0 amide bonds. The van der Waals surface area contributed by atoms with Gasteiger partial charge in [0.1, 0.15) is 5.78 Å². The van der Waals surface area contributed by atoms with Gasteiger partial charge in [-0.1, -0.05) is 30.3 Å². The second-order valence-electron chi connectivity index (χ2n) is 5.60. The number of Topliss-reactive ketones (excluding diaryl/α,β-unsaturated/α-hetero) is 1. The van der Waals surface area contributed by atoms with Crippen LogP contribution in [0.1, 0.15) is 18.9 Å². The van der Waals surface area contributed by atoms with Crippen molar-refractivity contribution in [2.75, 3.05) is 19.6 Å². The second-order valence-corrected chi connectivity index (χ2v) is 5.60. The molecule has 0 aromatic heterocycles. The van der Waals surface area contributed by atoms with Crippen molar-refractivity contribution >= 4 is 5.78 Å². The Kier molecular flexibility index (Phi) is 3.18. The number of carbonyl (C=O) groups is 1. The average Bonchev–Trinajstić information content (AvgIpc) is 2.72. The summed E-state index contributed by atoms with van der Waals surface area (Å²) in [5, 5.41) is 0. The number of nitrogens with zero attached hydrogens (tertiary/aromatic N) is 2. The van der Waals surface area contributed by atoms with E-state index in [0.717, 1.165) is 26.1 Å². The quantitative estimate of drug-likeness (QED) is 0.788. The van der Waals surface area contributed by atoms with E-state index in [1.807, 2.05) is 0 Å². The zero-order valence-electron chi connectivity index (χ0n) is 10.9. The van der Waals surface area contributed by atoms with E-state index < -0.39 is 0 Å². The number of hydrogen-bond donors (Lipinski definition) is 0. The Labute approximate surface area is 108 Å². The second kappa shape index (κ2) is 4.82. The molecular weight excluding hydrogens is 224 g/mol. The fraction of sp³-hybridized carbons (Fsp3) is 0.533. The Hall–Kier alpha value is -1.19. The SMILES string of the molecule is C[C@@H]1CN(Cc2ccccc2)C[C@@H]2CC(=O)CN21. The van der Waals surface area contributed by atoms with Gasteiger partial charge in [-0.15, -0.1) is 0 Å². The summed E-state index contributed by atoms with van der Waals surface area (Å²) >= 11 is 0. The van der Waals surface area contributed by atoms with E-state index in [0.29, 0.717) is 24.4 Å². The Morgan fingerprint density at radius 1 is 1.22 bits per heavy atom. The van der Waals surface area contributed by atoms with Crippen molar-refractivity contribution in [1.82, 2.24) is 9.80 Å². The molecule has 0 bridgehead atoms. The first-order valence-electron chi connectivity index (χ1n) is 6.76. The lowest BCUT2D eigenvalue weighted by Gasteiger charge is -2.41. The van der Waals surface area contributed by atoms with Crippen LogP contribution >= 0.6 is 0 Å². The first-order chi connectivity index (χ1) is 8.72. The molecule has 2 fully saturated rings. The van der Waals surface area contributed by atoms with Crippen molar-refractivity contribution in [2.24, 2.45) is 0 Å². The van der Waals surface area contributed by atoms with E-state index in [1.165, 1.54) is 5.56 Å². The fourth-order valence-electron chi connectivity index (χ4n) is 3.28. The molecular formula is C15H20N2O. The molecule has 2 saturated heterocycles. The van der Waals surface area contributed by atoms with Crippen LogP contribution in [-0.2, 0) is 11.3 Å². The molecule has 2 heterocycles. The Balaban J connectivity index is 1.67. The predicted octanol–water partition coefficient (Wildman–Crippen LogP) is 1.53. The largest absolute Gasteiger partial charge is 0.298 e. The van der Waals surface area contributed by atoms with Gasteiger partial charge < -0.3 is 0 Å². The lowest BCUT2D eigenvalue weighted by Crippen LogP contribution is -2.54. The monoisotopic (exact) mass is 244 g/mol. The maximum atomic E-state index is 11.6. The van der Waals surface area contributed by atoms with Crippen molar-refractivity contribution in [3.8, 4) is 0 Å². The predicted molar refractivity (Wildman–Crippen MR) is 71.3 cm³/mol. The topological polar surface area (TPSA) is 23.6 Å². The lowest BCUT2D eigenvalue weighted by atomic mass is 10.1. The highest BCUT2D eigenvalue weighted by molar-refractivity contribution is 5.83. The van der Waals surface area contributed by atoms with E-state index in [2.05, 4.69) is 47.1 Å². The molecule has 96 valence electrons. The van der Waals surface area contributed by atoms with Crippen LogP contribution in [0.25, 0.3) is 0 Å². The third-order valence-corrected chi connectivity index (χ3v) is 4.10. The molecule has 1 aromatic rings. The van der Waals surface area contributed by atoms with E-state index >= 15 is 0 Å². The summed E-state index contributed by atoms with van der Waals surface area (Å²) in [5.41, 5.74) is 1.36. The van der Waals surface area contributed by atoms with Crippen LogP contribution in [0.2, 0.25) is 0 Å². The first kappa shape index (κ1) is 11.9. The Morgan fingerprint density at radius 2 is 2.00 bits per heavy atom. The van der Waals surface area contributed by atoms with Crippen LogP contribution in [-0.4, -0.2) is 47.3 Å². The highest BCUT2D eigenvalue weighted by Crippen LogP contribution is 2.24. The molecule has 0 saturated carbocycles. The lowest BCUT2D eigenvalue weighted by molar-refractivity contribution is -0.117. The zero-order valence-corrected chi connectivity index (χ0v) is 10.9. The zero-order chi connectivity index (χ0) is 12.5. The van der Waals surface area contributed by atoms with E-state index in [9.17, 15) is 4.79 Å². The van der Waals surface area contributed by atoms with Crippen molar-refractivity contribution in [3.63, 3.8) is 0 Å². The number of ketones is 1. The molecule has 1 aromatic carbocycles. The number of benzene rings is 1. The minimum Gasteiger partial charge on any atom is -0.298 e. The summed E-state index contributed by atoms with van der Waals surface area (Å²) in [6, 6.07) is 11.5. The molecule has 2 atom stereocenters. The number of rotatable bonds is 2. The van der Waals surface area contributed by atoms with Crippen LogP contribution in [0, 0.1) is 0 Å². The van der Waals surface area contributed by atoms with Gasteiger partial charge in [-0.2, -0.15) is 0 Å². The number of carbonyl (C=O) groups excluding carboxylic acids is 1. The molecule has 0 spiro atoms. The molecule has 0 N–H and O–H groups in total. The standard InChI is InChI=1S/C15H20N2O/c1-12-8-16(9-13-5-3-2-4-6-13)10-14-7-15(18)11-17(12)14/h2-6,12,14H,7-11H2,1H3/t12-,14+/m1/s1. The highest BCUT2D eigenvalue weighted by Gasteiger charge is 2.38. The van der Waals surface area contributed by atoms with Gasteiger partial charge in [0.2, 0.25) is 0 Å². The fourth-order valence-corrected chi connectivity index (χ4v) is 3.28. The first-order valence-corrected chi connectivity index (χ1v) is 6.76. The maximum absolute atomic E-state index is 11.6. The Morgan fingerprint density at radius 3 is 2.78 bits per heavy atom. The molecule has 0 unspecified atom stereocenters. The van der Waals surface area contributed by atoms with Gasteiger partial charge in [-0.3, -0.25) is 14.6 Å². The van der Waals surface area contributed by atoms with E-state index in [4.69, 9.17) is 0 Å². The molecule has 2 aliphatic rings. The summed E-state index contributed by atoms with van der Waals surface area (Å²) in [7, 11) is 0. The summed E-state index contributed by atoms with van der Waals surface area (Å²) in [6.07, 6.45) is 0.746. The van der Waals surface area contributed by atoms with Crippen LogP contribution in [0.3, 0.4) is 0 Å². The Bertz CT molecular complexity index is 431. The normalized spacial score (nSPS) is 29.5. The summed E-state index contributed by atoms with van der Waals surface area (Å²) in [5.74, 6) is 0.411. The van der Waals surface area contributed by atoms with Gasteiger partial charge in [0.15, 0.2) is 0 Å². The van der Waals surface area contributed by atoms with Crippen LogP contribution in [0.15, 0.2) is 30.3 Å². The average molecular weight is 244 g/mol. The highest BCUT2D eigenvalue weighted by atomic mass is 16.1. The molecule has 3 nitrogen and oxygen atoms in total. The van der Waals surface area contributed by atoms with Gasteiger partial charge in [-0.05, 0) is 12.5 Å². The molecule has 0 radical (unpaired) electrons. The van der Waals surface area contributed by atoms with Gasteiger partial charge in [0.25, 0.3) is 0 Å². The van der Waals surface area contributed by atoms with Crippen LogP contribution in [0.4, 0.5) is 0 Å². The smallest absolute Gasteiger partial charge is 0.148 e. The number of fused-ring (bicyclic) bond motifs is 1. The van der Waals surface area contributed by atoms with Gasteiger partial charge in [-0.25, -0.2) is 0 Å². The number of piperazine rings is 1. The van der Waals surface area contributed by atoms with E-state index in [-0.39, 0.29) is 0 Å². The molecule has 3 rings (SSSR count). The molecule has 3 heteroatoms. The third kappa shape index (κ3) is 2.33. The maximum Gasteiger partial charge on any atom is 0.148 e. The van der Waals surface area contributed by atoms with Crippen molar-refractivity contribution in [1.29, 1.82) is 0 Å². The van der Waals surface area contributed by atoms with Gasteiger partial charge in [0.05, 0.1) is 6.54 Å². The summed E-state index contributed by atoms with van der Waals surface area (Å²) in [6.45, 7) is 6.02. The minimum atomic E-state index is 0.411. The van der Waals surface area contributed by atoms with Crippen LogP contribution in [0.5, 0.6) is 0 Å².